The van der Waals surface area contributed by atoms with Crippen LogP contribution in [-0.4, -0.2) is 63.8 Å². The van der Waals surface area contributed by atoms with Crippen LogP contribution in [0.15, 0.2) is 66.2 Å². The van der Waals surface area contributed by atoms with Crippen LogP contribution in [0.2, 0.25) is 0 Å². The molecule has 0 radical (unpaired) electrons. The molecule has 9 heteroatoms. The Morgan fingerprint density at radius 1 is 1.00 bits per heavy atom. The summed E-state index contributed by atoms with van der Waals surface area (Å²) >= 11 is 0. The van der Waals surface area contributed by atoms with Gasteiger partial charge in [0.2, 0.25) is 0 Å². The highest BCUT2D eigenvalue weighted by Crippen LogP contribution is 2.13. The molecule has 1 aliphatic heterocycles. The number of nitrogens with one attached hydrogen (secondary N) is 1. The Morgan fingerprint density at radius 3 is 2.52 bits per heavy atom. The van der Waals surface area contributed by atoms with Crippen molar-refractivity contribution in [1.29, 1.82) is 0 Å². The van der Waals surface area contributed by atoms with Gasteiger partial charge in [-0.25, -0.2) is 14.6 Å². The lowest BCUT2D eigenvalue weighted by atomic mass is 10.2. The van der Waals surface area contributed by atoms with Crippen LogP contribution in [0.4, 0.5) is 5.82 Å². The van der Waals surface area contributed by atoms with E-state index in [4.69, 9.17) is 0 Å². The van der Waals surface area contributed by atoms with Crippen molar-refractivity contribution < 1.29 is 0 Å². The maximum absolute atomic E-state index is 4.46. The second kappa shape index (κ2) is 10.2. The van der Waals surface area contributed by atoms with Crippen molar-refractivity contribution in [2.75, 3.05) is 38.1 Å². The Kier molecular flexibility index (Phi) is 7.39. The van der Waals surface area contributed by atoms with E-state index in [1.54, 1.807) is 10.9 Å². The topological polar surface area (TPSA) is 74.5 Å². The molecule has 0 spiro atoms. The van der Waals surface area contributed by atoms with Gasteiger partial charge in [-0.1, -0.05) is 6.07 Å². The number of piperazine rings is 1. The summed E-state index contributed by atoms with van der Waals surface area (Å²) in [6.07, 6.45) is 7.29. The highest BCUT2D eigenvalue weighted by Gasteiger charge is 2.20. The fraction of sp³-hybridized carbons (Fsp3) is 0.300. The van der Waals surface area contributed by atoms with Gasteiger partial charge < -0.3 is 15.1 Å². The number of rotatable bonds is 4. The van der Waals surface area contributed by atoms with E-state index in [0.29, 0.717) is 6.54 Å². The molecule has 1 N–H and O–H groups in total. The molecular weight excluding hydrogens is 479 g/mol. The van der Waals surface area contributed by atoms with E-state index in [-0.39, 0.29) is 24.0 Å². The largest absolute Gasteiger partial charge is 0.353 e. The SMILES string of the molecule is CN=C(NCc1ccnc(-n2cccn2)c1)N1CCN(c2ccccn2)CC1.I. The minimum absolute atomic E-state index is 0. The van der Waals surface area contributed by atoms with Crippen LogP contribution in [-0.2, 0) is 6.54 Å². The smallest absolute Gasteiger partial charge is 0.194 e. The summed E-state index contributed by atoms with van der Waals surface area (Å²) in [6.45, 7) is 4.35. The molecule has 1 saturated heterocycles. The predicted molar refractivity (Wildman–Crippen MR) is 125 cm³/mol. The molecular formula is C20H25IN8. The van der Waals surface area contributed by atoms with E-state index in [9.17, 15) is 0 Å². The van der Waals surface area contributed by atoms with Gasteiger partial charge in [0, 0.05) is 64.6 Å². The zero-order valence-corrected chi connectivity index (χ0v) is 18.7. The molecule has 3 aromatic heterocycles. The second-order valence-corrected chi connectivity index (χ2v) is 6.54. The maximum atomic E-state index is 4.46. The molecule has 1 aliphatic rings. The van der Waals surface area contributed by atoms with Crippen LogP contribution in [0.25, 0.3) is 5.82 Å². The van der Waals surface area contributed by atoms with Crippen molar-refractivity contribution in [2.24, 2.45) is 4.99 Å². The summed E-state index contributed by atoms with van der Waals surface area (Å²) in [5, 5.41) is 7.70. The second-order valence-electron chi connectivity index (χ2n) is 6.54. The summed E-state index contributed by atoms with van der Waals surface area (Å²) in [4.78, 5) is 17.9. The summed E-state index contributed by atoms with van der Waals surface area (Å²) in [5.41, 5.74) is 1.13. The van der Waals surface area contributed by atoms with Crippen LogP contribution in [0.1, 0.15) is 5.56 Å². The average Bonchev–Trinajstić information content (AvgIpc) is 3.31. The summed E-state index contributed by atoms with van der Waals surface area (Å²) in [7, 11) is 1.83. The lowest BCUT2D eigenvalue weighted by Crippen LogP contribution is -2.52. The van der Waals surface area contributed by atoms with Gasteiger partial charge in [0.15, 0.2) is 11.8 Å². The van der Waals surface area contributed by atoms with Gasteiger partial charge >= 0.3 is 0 Å². The first-order valence-corrected chi connectivity index (χ1v) is 9.40. The summed E-state index contributed by atoms with van der Waals surface area (Å²) < 4.78 is 1.76. The fourth-order valence-corrected chi connectivity index (χ4v) is 3.30. The third kappa shape index (κ3) is 5.22. The van der Waals surface area contributed by atoms with E-state index in [1.165, 1.54) is 0 Å². The molecule has 3 aromatic rings. The molecule has 29 heavy (non-hydrogen) atoms. The molecule has 8 nitrogen and oxygen atoms in total. The first-order chi connectivity index (χ1) is 13.8. The van der Waals surface area contributed by atoms with E-state index in [0.717, 1.165) is 49.3 Å². The molecule has 4 rings (SSSR count). The van der Waals surface area contributed by atoms with Gasteiger partial charge in [-0.3, -0.25) is 4.99 Å². The standard InChI is InChI=1S/C20H24N8.HI/c1-21-20(27-13-11-26(12-14-27)18-5-2-3-7-22-18)24-16-17-6-9-23-19(15-17)28-10-4-8-25-28;/h2-10,15H,11-14,16H2,1H3,(H,21,24);1H. The van der Waals surface area contributed by atoms with E-state index in [2.05, 4.69) is 41.2 Å². The highest BCUT2D eigenvalue weighted by molar-refractivity contribution is 14.0. The number of hydrogen-bond acceptors (Lipinski definition) is 5. The van der Waals surface area contributed by atoms with Crippen LogP contribution in [0.3, 0.4) is 0 Å². The van der Waals surface area contributed by atoms with Gasteiger partial charge in [0.05, 0.1) is 0 Å². The van der Waals surface area contributed by atoms with E-state index >= 15 is 0 Å². The van der Waals surface area contributed by atoms with E-state index in [1.807, 2.05) is 56.0 Å². The lowest BCUT2D eigenvalue weighted by molar-refractivity contribution is 0.371. The molecule has 4 heterocycles. The molecule has 0 aliphatic carbocycles. The quantitative estimate of drug-likeness (QED) is 0.334. The number of guanidine groups is 1. The van der Waals surface area contributed by atoms with Crippen molar-refractivity contribution in [2.45, 2.75) is 6.54 Å². The number of nitrogens with zero attached hydrogens (tertiary/aromatic N) is 7. The van der Waals surface area contributed by atoms with Crippen LogP contribution >= 0.6 is 24.0 Å². The zero-order chi connectivity index (χ0) is 19.2. The normalized spacial score (nSPS) is 14.4. The number of pyridine rings is 2. The molecule has 0 atom stereocenters. The molecule has 0 bridgehead atoms. The molecule has 0 aromatic carbocycles. The maximum Gasteiger partial charge on any atom is 0.194 e. The van der Waals surface area contributed by atoms with Crippen LogP contribution in [0.5, 0.6) is 0 Å². The van der Waals surface area contributed by atoms with Gasteiger partial charge in [-0.2, -0.15) is 5.10 Å². The molecule has 0 saturated carbocycles. The Bertz CT molecular complexity index is 905. The first-order valence-electron chi connectivity index (χ1n) is 9.40. The van der Waals surface area contributed by atoms with Crippen molar-refractivity contribution in [3.05, 3.63) is 66.7 Å². The van der Waals surface area contributed by atoms with Gasteiger partial charge in [0.1, 0.15) is 5.82 Å². The van der Waals surface area contributed by atoms with Crippen molar-refractivity contribution in [1.82, 2.24) is 30.0 Å². The summed E-state index contributed by atoms with van der Waals surface area (Å²) in [5.74, 6) is 2.76. The number of anilines is 1. The highest BCUT2D eigenvalue weighted by atomic mass is 127. The monoisotopic (exact) mass is 504 g/mol. The van der Waals surface area contributed by atoms with Crippen molar-refractivity contribution >= 4 is 35.8 Å². The van der Waals surface area contributed by atoms with E-state index < -0.39 is 0 Å². The third-order valence-corrected chi connectivity index (χ3v) is 4.76. The summed E-state index contributed by atoms with van der Waals surface area (Å²) in [6, 6.07) is 12.0. The molecule has 1 fully saturated rings. The zero-order valence-electron chi connectivity index (χ0n) is 16.3. The Balaban J connectivity index is 0.00000240. The molecule has 0 amide bonds. The number of halogens is 1. The third-order valence-electron chi connectivity index (χ3n) is 4.76. The minimum Gasteiger partial charge on any atom is -0.353 e. The first kappa shape index (κ1) is 21.0. The van der Waals surface area contributed by atoms with Crippen LogP contribution < -0.4 is 10.2 Å². The Morgan fingerprint density at radius 2 is 1.83 bits per heavy atom. The number of aliphatic imine (C=N–C) groups is 1. The van der Waals surface area contributed by atoms with Crippen molar-refractivity contribution in [3.8, 4) is 5.82 Å². The number of hydrogen-bond donors (Lipinski definition) is 1. The molecule has 152 valence electrons. The van der Waals surface area contributed by atoms with Crippen molar-refractivity contribution in [3.63, 3.8) is 0 Å². The lowest BCUT2D eigenvalue weighted by Gasteiger charge is -2.37. The van der Waals surface area contributed by atoms with Gasteiger partial charge in [-0.05, 0) is 35.9 Å². The average molecular weight is 504 g/mol. The fourth-order valence-electron chi connectivity index (χ4n) is 3.30. The Hall–Kier alpha value is -2.69. The minimum atomic E-state index is 0. The molecule has 0 unspecified atom stereocenters. The van der Waals surface area contributed by atoms with Gasteiger partial charge in [-0.15, -0.1) is 24.0 Å². The Labute approximate surface area is 187 Å². The predicted octanol–water partition coefficient (Wildman–Crippen LogP) is 2.18. The number of aromatic nitrogens is 4. The van der Waals surface area contributed by atoms with Crippen LogP contribution in [0, 0.1) is 0 Å². The van der Waals surface area contributed by atoms with Gasteiger partial charge in [0.25, 0.3) is 0 Å².